The van der Waals surface area contributed by atoms with E-state index in [-0.39, 0.29) is 68.0 Å². The molecule has 76 valence electrons. The first kappa shape index (κ1) is 56.6. The molecule has 0 saturated carbocycles. The molecule has 0 aliphatic rings. The van der Waals surface area contributed by atoms with Crippen LogP contribution in [0.25, 0.3) is 0 Å². The topological polar surface area (TPSA) is 201 Å². The second-order valence-corrected chi connectivity index (χ2v) is 1.34. The smallest absolute Gasteiger partial charge is 0 e. The second kappa shape index (κ2) is 22.5. The molecule has 0 aromatic carbocycles. The van der Waals surface area contributed by atoms with Crippen molar-refractivity contribution in [3.63, 3.8) is 0 Å². The molecule has 0 fully saturated rings. The van der Waals surface area contributed by atoms with Crippen molar-refractivity contribution in [3.05, 3.63) is 0 Å². The molecule has 0 saturated heterocycles. The Hall–Kier alpha value is 1.20. The first-order chi connectivity index (χ1) is 2.00. The van der Waals surface area contributed by atoms with Gasteiger partial charge in [-0.1, -0.05) is 0 Å². The summed E-state index contributed by atoms with van der Waals surface area (Å²) in [5, 5.41) is 0. The summed E-state index contributed by atoms with van der Waals surface area (Å²) in [6.07, 6.45) is 0. The van der Waals surface area contributed by atoms with Gasteiger partial charge in [-0.05, 0) is 0 Å². The largest absolute Gasteiger partial charge is 0 e. The zero-order chi connectivity index (χ0) is 4.50. The molecule has 0 atom stereocenters. The van der Waals surface area contributed by atoms with Crippen molar-refractivity contribution < 1.29 is 55.9 Å². The summed E-state index contributed by atoms with van der Waals surface area (Å²) < 4.78 is 31.6. The van der Waals surface area contributed by atoms with Crippen molar-refractivity contribution in [2.75, 3.05) is 0 Å². The molecule has 0 spiro atoms. The molecule has 0 aromatic heterocycles. The van der Waals surface area contributed by atoms with Gasteiger partial charge in [0.1, 0.15) is 0 Å². The van der Waals surface area contributed by atoms with E-state index in [2.05, 4.69) is 0 Å². The molecular formula is H11NaNiO8S. The van der Waals surface area contributed by atoms with Crippen LogP contribution in [-0.4, -0.2) is 69.0 Å². The molecule has 0 aliphatic heterocycles. The fourth-order valence-corrected chi connectivity index (χ4v) is 0. The van der Waals surface area contributed by atoms with Crippen molar-refractivity contribution in [1.82, 2.24) is 0 Å². The number of hydrogen-bond acceptors (Lipinski definition) is 2. The van der Waals surface area contributed by atoms with Crippen LogP contribution in [0.4, 0.5) is 0 Å². The van der Waals surface area contributed by atoms with Gasteiger partial charge in [-0.2, -0.15) is 8.42 Å². The van der Waals surface area contributed by atoms with E-state index in [1.54, 1.807) is 0 Å². The summed E-state index contributed by atoms with van der Waals surface area (Å²) in [6.45, 7) is 0. The molecule has 0 bridgehead atoms. The third-order valence-corrected chi connectivity index (χ3v) is 0. The average Bonchev–Trinajstić information content (AvgIpc) is 0.722. The molecule has 0 heterocycles. The molecule has 11 heavy (non-hydrogen) atoms. The molecule has 0 radical (unpaired) electrons. The van der Waals surface area contributed by atoms with E-state index in [0.29, 0.717) is 0 Å². The van der Waals surface area contributed by atoms with Gasteiger partial charge in [-0.3, -0.25) is 9.11 Å². The summed E-state index contributed by atoms with van der Waals surface area (Å²) in [4.78, 5) is 0. The average molecular weight is 253 g/mol. The van der Waals surface area contributed by atoms with Crippen molar-refractivity contribution in [2.24, 2.45) is 0 Å². The first-order valence-corrected chi connectivity index (χ1v) is 2.10. The van der Waals surface area contributed by atoms with Crippen LogP contribution in [0.15, 0.2) is 0 Å². The maximum atomic E-state index is 8.74. The zero-order valence-corrected chi connectivity index (χ0v) is 6.24. The third kappa shape index (κ3) is 655. The van der Waals surface area contributed by atoms with Gasteiger partial charge in [0.25, 0.3) is 0 Å². The van der Waals surface area contributed by atoms with Crippen molar-refractivity contribution in [3.8, 4) is 0 Å². The Balaban J connectivity index is -0.00000000533. The van der Waals surface area contributed by atoms with Gasteiger partial charge in [-0.25, -0.2) is 0 Å². The van der Waals surface area contributed by atoms with Gasteiger partial charge in [0.05, 0.1) is 0 Å². The van der Waals surface area contributed by atoms with Crippen LogP contribution in [-0.2, 0) is 26.9 Å². The molecular weight excluding hydrogens is 242 g/mol. The fraction of sp³-hybridized carbons (Fsp3) is 0. The molecule has 0 aromatic rings. The Morgan fingerprint density at radius 3 is 0.818 bits per heavy atom. The van der Waals surface area contributed by atoms with Crippen LogP contribution in [0.3, 0.4) is 0 Å². The van der Waals surface area contributed by atoms with Crippen LogP contribution in [0, 0.1) is 0 Å². The first-order valence-electron chi connectivity index (χ1n) is 0.698. The third-order valence-electron chi connectivity index (χ3n) is 0. The minimum absolute atomic E-state index is 0. The Morgan fingerprint density at radius 1 is 0.818 bits per heavy atom. The van der Waals surface area contributed by atoms with Crippen molar-refractivity contribution in [1.29, 1.82) is 0 Å². The van der Waals surface area contributed by atoms with E-state index in [0.717, 1.165) is 0 Å². The summed E-state index contributed by atoms with van der Waals surface area (Å²) >= 11 is 0. The van der Waals surface area contributed by atoms with E-state index < -0.39 is 10.4 Å². The molecule has 10 N–H and O–H groups in total. The van der Waals surface area contributed by atoms with E-state index in [9.17, 15) is 0 Å². The quantitative estimate of drug-likeness (QED) is 0.323. The van der Waals surface area contributed by atoms with Crippen LogP contribution in [0.1, 0.15) is 0 Å². The predicted octanol–water partition coefficient (Wildman–Crippen LogP) is -4.60. The fourth-order valence-electron chi connectivity index (χ4n) is 0. The molecule has 8 nitrogen and oxygen atoms in total. The summed E-state index contributed by atoms with van der Waals surface area (Å²) in [5.41, 5.74) is 0. The van der Waals surface area contributed by atoms with Crippen LogP contribution < -0.4 is 0 Å². The summed E-state index contributed by atoms with van der Waals surface area (Å²) in [6, 6.07) is 0. The van der Waals surface area contributed by atoms with E-state index in [1.165, 1.54) is 0 Å². The minimum atomic E-state index is -4.67. The van der Waals surface area contributed by atoms with Crippen LogP contribution >= 0.6 is 0 Å². The van der Waals surface area contributed by atoms with Gasteiger partial charge >= 0.3 is 40.0 Å². The summed E-state index contributed by atoms with van der Waals surface area (Å²) in [7, 11) is -4.67. The maximum absolute atomic E-state index is 8.74. The number of rotatable bonds is 0. The molecule has 11 heteroatoms. The van der Waals surface area contributed by atoms with Crippen LogP contribution in [0.2, 0.25) is 0 Å². The van der Waals surface area contributed by atoms with E-state index in [1.807, 2.05) is 0 Å². The Labute approximate surface area is 95.4 Å². The van der Waals surface area contributed by atoms with Gasteiger partial charge in [0, 0.05) is 16.5 Å². The van der Waals surface area contributed by atoms with Crippen molar-refractivity contribution >= 4 is 40.0 Å². The maximum Gasteiger partial charge on any atom is 0 e. The van der Waals surface area contributed by atoms with Gasteiger partial charge < -0.3 is 21.9 Å². The minimum Gasteiger partial charge on any atom is 0 e. The monoisotopic (exact) mass is 252 g/mol. The predicted molar refractivity (Wildman–Crippen MR) is 35.8 cm³/mol. The van der Waals surface area contributed by atoms with Crippen molar-refractivity contribution in [2.45, 2.75) is 0 Å². The molecule has 0 rings (SSSR count). The van der Waals surface area contributed by atoms with Crippen LogP contribution in [0.5, 0.6) is 0 Å². The summed E-state index contributed by atoms with van der Waals surface area (Å²) in [5.74, 6) is 0. The van der Waals surface area contributed by atoms with Gasteiger partial charge in [0.15, 0.2) is 0 Å². The molecule has 0 unspecified atom stereocenters. The Kier molecular flexibility index (Phi) is 116. The Morgan fingerprint density at radius 2 is 0.818 bits per heavy atom. The standard InChI is InChI=1S/Na.Ni.H2O4S.4H2O.H/c;;1-5(2,3)4;;;;;/h;;(H2,1,2,3,4);4*1H2;. The van der Waals surface area contributed by atoms with E-state index in [4.69, 9.17) is 17.5 Å². The van der Waals surface area contributed by atoms with E-state index >= 15 is 0 Å². The Bertz CT molecular complexity index is 97.3. The number of hydrogen-bond donors (Lipinski definition) is 2. The van der Waals surface area contributed by atoms with Gasteiger partial charge in [0.2, 0.25) is 0 Å². The zero-order valence-electron chi connectivity index (χ0n) is 4.44. The molecule has 0 aliphatic carbocycles. The normalized spacial score (nSPS) is 5.27. The molecule has 0 amide bonds. The van der Waals surface area contributed by atoms with Gasteiger partial charge in [-0.15, -0.1) is 0 Å². The SMILES string of the molecule is O.O.O.O.O=S(=O)(O)O.[NaH].[Ni]. The second-order valence-electron chi connectivity index (χ2n) is 0.448.